The summed E-state index contributed by atoms with van der Waals surface area (Å²) < 4.78 is 12.8. The van der Waals surface area contributed by atoms with Gasteiger partial charge in [0.25, 0.3) is 0 Å². The molecule has 16 heavy (non-hydrogen) atoms. The topological polar surface area (TPSA) is 32.3 Å². The first-order valence-corrected chi connectivity index (χ1v) is 5.76. The highest BCUT2D eigenvalue weighted by Crippen LogP contribution is 2.16. The lowest BCUT2D eigenvalue weighted by Crippen LogP contribution is -2.21. The van der Waals surface area contributed by atoms with Gasteiger partial charge in [0, 0.05) is 18.2 Å². The van der Waals surface area contributed by atoms with Crippen LogP contribution in [0.25, 0.3) is 0 Å². The molecule has 0 saturated carbocycles. The van der Waals surface area contributed by atoms with Crippen LogP contribution in [0, 0.1) is 11.7 Å². The standard InChI is InChI=1S/C12H17ClFNO/c1-9(4-5-16)7-15-8-10-2-3-11(14)6-12(10)13/h2-3,6,9,15-16H,4-5,7-8H2,1H3. The van der Waals surface area contributed by atoms with Crippen molar-refractivity contribution in [3.63, 3.8) is 0 Å². The fourth-order valence-electron chi connectivity index (χ4n) is 1.44. The number of rotatable bonds is 6. The van der Waals surface area contributed by atoms with Crippen LogP contribution in [-0.2, 0) is 6.54 Å². The second kappa shape index (κ2) is 6.84. The third-order valence-electron chi connectivity index (χ3n) is 2.45. The normalized spacial score (nSPS) is 12.8. The number of aliphatic hydroxyl groups is 1. The Balaban J connectivity index is 2.37. The van der Waals surface area contributed by atoms with Crippen molar-refractivity contribution < 1.29 is 9.50 Å². The zero-order chi connectivity index (χ0) is 12.0. The lowest BCUT2D eigenvalue weighted by Gasteiger charge is -2.11. The first-order valence-electron chi connectivity index (χ1n) is 5.39. The number of aliphatic hydroxyl groups excluding tert-OH is 1. The Kier molecular flexibility index (Phi) is 5.74. The molecule has 0 aliphatic carbocycles. The van der Waals surface area contributed by atoms with Crippen molar-refractivity contribution in [2.24, 2.45) is 5.92 Å². The van der Waals surface area contributed by atoms with Gasteiger partial charge >= 0.3 is 0 Å². The van der Waals surface area contributed by atoms with E-state index in [0.29, 0.717) is 17.5 Å². The number of nitrogens with one attached hydrogen (secondary N) is 1. The summed E-state index contributed by atoms with van der Waals surface area (Å²) in [6, 6.07) is 4.40. The van der Waals surface area contributed by atoms with E-state index < -0.39 is 0 Å². The van der Waals surface area contributed by atoms with Gasteiger partial charge < -0.3 is 10.4 Å². The minimum absolute atomic E-state index is 0.208. The molecule has 1 aromatic rings. The molecule has 4 heteroatoms. The van der Waals surface area contributed by atoms with Crippen molar-refractivity contribution in [3.8, 4) is 0 Å². The quantitative estimate of drug-likeness (QED) is 0.808. The Morgan fingerprint density at radius 2 is 2.25 bits per heavy atom. The van der Waals surface area contributed by atoms with Crippen LogP contribution in [0.15, 0.2) is 18.2 Å². The maximum Gasteiger partial charge on any atom is 0.124 e. The van der Waals surface area contributed by atoms with E-state index in [1.165, 1.54) is 12.1 Å². The van der Waals surface area contributed by atoms with Gasteiger partial charge in [0.05, 0.1) is 0 Å². The van der Waals surface area contributed by atoms with Gasteiger partial charge in [-0.3, -0.25) is 0 Å². The largest absolute Gasteiger partial charge is 0.396 e. The summed E-state index contributed by atoms with van der Waals surface area (Å²) >= 11 is 5.89. The molecule has 90 valence electrons. The SMILES string of the molecule is CC(CCO)CNCc1ccc(F)cc1Cl. The number of hydrogen-bond acceptors (Lipinski definition) is 2. The Hall–Kier alpha value is -0.640. The molecule has 2 nitrogen and oxygen atoms in total. The molecule has 1 unspecified atom stereocenters. The molecular weight excluding hydrogens is 229 g/mol. The van der Waals surface area contributed by atoms with Gasteiger partial charge in [-0.1, -0.05) is 24.6 Å². The minimum atomic E-state index is -0.317. The molecule has 1 atom stereocenters. The highest BCUT2D eigenvalue weighted by molar-refractivity contribution is 6.31. The average molecular weight is 246 g/mol. The molecule has 0 aliphatic heterocycles. The highest BCUT2D eigenvalue weighted by Gasteiger charge is 2.03. The highest BCUT2D eigenvalue weighted by atomic mass is 35.5. The Morgan fingerprint density at radius 3 is 2.88 bits per heavy atom. The van der Waals surface area contributed by atoms with Gasteiger partial charge in [0.1, 0.15) is 5.82 Å². The third-order valence-corrected chi connectivity index (χ3v) is 2.80. The van der Waals surface area contributed by atoms with E-state index in [1.54, 1.807) is 6.07 Å². The van der Waals surface area contributed by atoms with Crippen molar-refractivity contribution in [3.05, 3.63) is 34.6 Å². The molecule has 0 bridgehead atoms. The van der Waals surface area contributed by atoms with Gasteiger partial charge in [-0.2, -0.15) is 0 Å². The van der Waals surface area contributed by atoms with Gasteiger partial charge in [-0.25, -0.2) is 4.39 Å². The molecule has 0 aromatic heterocycles. The van der Waals surface area contributed by atoms with Gasteiger partial charge in [0.2, 0.25) is 0 Å². The molecule has 0 fully saturated rings. The summed E-state index contributed by atoms with van der Waals surface area (Å²) in [6.07, 6.45) is 0.782. The van der Waals surface area contributed by atoms with Crippen molar-refractivity contribution >= 4 is 11.6 Å². The maximum atomic E-state index is 12.8. The van der Waals surface area contributed by atoms with Gasteiger partial charge in [-0.05, 0) is 36.6 Å². The van der Waals surface area contributed by atoms with E-state index in [2.05, 4.69) is 12.2 Å². The fourth-order valence-corrected chi connectivity index (χ4v) is 1.67. The smallest absolute Gasteiger partial charge is 0.124 e. The van der Waals surface area contributed by atoms with Crippen molar-refractivity contribution in [2.45, 2.75) is 19.9 Å². The zero-order valence-corrected chi connectivity index (χ0v) is 10.1. The second-order valence-corrected chi connectivity index (χ2v) is 4.39. The third kappa shape index (κ3) is 4.47. The lowest BCUT2D eigenvalue weighted by atomic mass is 10.1. The molecule has 0 radical (unpaired) electrons. The number of halogens is 2. The van der Waals surface area contributed by atoms with E-state index in [-0.39, 0.29) is 12.4 Å². The number of hydrogen-bond donors (Lipinski definition) is 2. The van der Waals surface area contributed by atoms with Crippen LogP contribution in [0.1, 0.15) is 18.9 Å². The lowest BCUT2D eigenvalue weighted by molar-refractivity contribution is 0.260. The van der Waals surface area contributed by atoms with Crippen molar-refractivity contribution in [1.82, 2.24) is 5.32 Å². The van der Waals surface area contributed by atoms with E-state index in [9.17, 15) is 4.39 Å². The van der Waals surface area contributed by atoms with Gasteiger partial charge in [0.15, 0.2) is 0 Å². The molecule has 1 rings (SSSR count). The summed E-state index contributed by atoms with van der Waals surface area (Å²) in [7, 11) is 0. The van der Waals surface area contributed by atoms with E-state index in [1.807, 2.05) is 0 Å². The summed E-state index contributed by atoms with van der Waals surface area (Å²) in [5.74, 6) is 0.103. The van der Waals surface area contributed by atoms with Crippen LogP contribution in [0.4, 0.5) is 4.39 Å². The van der Waals surface area contributed by atoms with Gasteiger partial charge in [-0.15, -0.1) is 0 Å². The summed E-state index contributed by atoms with van der Waals surface area (Å²) in [4.78, 5) is 0. The Morgan fingerprint density at radius 1 is 1.50 bits per heavy atom. The van der Waals surface area contributed by atoms with Crippen molar-refractivity contribution in [2.75, 3.05) is 13.2 Å². The molecule has 0 heterocycles. The van der Waals surface area contributed by atoms with Crippen LogP contribution >= 0.6 is 11.6 Å². The molecule has 1 aromatic carbocycles. The maximum absolute atomic E-state index is 12.8. The molecule has 0 saturated heterocycles. The van der Waals surface area contributed by atoms with Crippen LogP contribution in [-0.4, -0.2) is 18.3 Å². The molecule has 0 spiro atoms. The Labute approximate surface area is 100 Å². The first kappa shape index (κ1) is 13.4. The summed E-state index contributed by atoms with van der Waals surface area (Å²) in [5, 5.41) is 12.4. The predicted molar refractivity (Wildman–Crippen MR) is 64.0 cm³/mol. The van der Waals surface area contributed by atoms with E-state index in [4.69, 9.17) is 16.7 Å². The van der Waals surface area contributed by atoms with Crippen LogP contribution in [0.5, 0.6) is 0 Å². The van der Waals surface area contributed by atoms with Crippen molar-refractivity contribution in [1.29, 1.82) is 0 Å². The second-order valence-electron chi connectivity index (χ2n) is 3.98. The molecule has 0 aliphatic rings. The van der Waals surface area contributed by atoms with Crippen LogP contribution in [0.3, 0.4) is 0 Å². The summed E-state index contributed by atoms with van der Waals surface area (Å²) in [5.41, 5.74) is 0.888. The van der Waals surface area contributed by atoms with Crippen LogP contribution < -0.4 is 5.32 Å². The average Bonchev–Trinajstić information content (AvgIpc) is 2.22. The minimum Gasteiger partial charge on any atom is -0.396 e. The molecule has 0 amide bonds. The number of benzene rings is 1. The van der Waals surface area contributed by atoms with Crippen LogP contribution in [0.2, 0.25) is 5.02 Å². The summed E-state index contributed by atoms with van der Waals surface area (Å²) in [6.45, 7) is 3.71. The predicted octanol–water partition coefficient (Wildman–Crippen LogP) is 2.59. The van der Waals surface area contributed by atoms with E-state index in [0.717, 1.165) is 18.5 Å². The Bertz CT molecular complexity index is 333. The zero-order valence-electron chi connectivity index (χ0n) is 9.34. The molecular formula is C12H17ClFNO. The van der Waals surface area contributed by atoms with E-state index >= 15 is 0 Å². The fraction of sp³-hybridized carbons (Fsp3) is 0.500. The monoisotopic (exact) mass is 245 g/mol. The molecule has 2 N–H and O–H groups in total. The first-order chi connectivity index (χ1) is 7.63.